The molecule has 2 heterocycles. The Morgan fingerprint density at radius 2 is 2.04 bits per heavy atom. The van der Waals surface area contributed by atoms with Gasteiger partial charge in [0, 0.05) is 26.2 Å². The number of hydrogen-bond donors (Lipinski definition) is 0. The van der Waals surface area contributed by atoms with Gasteiger partial charge < -0.3 is 4.90 Å². The van der Waals surface area contributed by atoms with Crippen LogP contribution in [-0.4, -0.2) is 52.6 Å². The molecule has 1 aromatic carbocycles. The Kier molecular flexibility index (Phi) is 5.78. The Bertz CT molecular complexity index is 892. The zero-order valence-electron chi connectivity index (χ0n) is 17.0. The monoisotopic (exact) mass is 386 g/mol. The molecule has 1 aliphatic heterocycles. The highest BCUT2D eigenvalue weighted by Gasteiger charge is 2.30. The van der Waals surface area contributed by atoms with E-state index in [4.69, 9.17) is 4.98 Å². The van der Waals surface area contributed by atoms with E-state index in [9.17, 15) is 9.18 Å². The molecule has 6 heteroatoms. The normalized spacial score (nSPS) is 20.4. The number of benzene rings is 1. The zero-order chi connectivity index (χ0) is 19.7. The molecule has 152 valence electrons. The molecule has 0 N–H and O–H groups in total. The third kappa shape index (κ3) is 4.13. The first-order chi connectivity index (χ1) is 13.6. The summed E-state index contributed by atoms with van der Waals surface area (Å²) in [5.41, 5.74) is 0.529. The van der Waals surface area contributed by atoms with Gasteiger partial charge in [-0.1, -0.05) is 13.3 Å². The lowest BCUT2D eigenvalue weighted by molar-refractivity contribution is 0.179. The fraction of sp³-hybridized carbons (Fsp3) is 0.636. The van der Waals surface area contributed by atoms with Gasteiger partial charge in [-0.15, -0.1) is 0 Å². The lowest BCUT2D eigenvalue weighted by atomic mass is 10.1. The predicted molar refractivity (Wildman–Crippen MR) is 110 cm³/mol. The van der Waals surface area contributed by atoms with Gasteiger partial charge >= 0.3 is 0 Å². The van der Waals surface area contributed by atoms with E-state index < -0.39 is 0 Å². The maximum atomic E-state index is 13.8. The quantitative estimate of drug-likeness (QED) is 0.763. The van der Waals surface area contributed by atoms with Crippen LogP contribution in [0.4, 0.5) is 4.39 Å². The highest BCUT2D eigenvalue weighted by atomic mass is 19.1. The minimum absolute atomic E-state index is 0.0838. The van der Waals surface area contributed by atoms with Crippen LogP contribution in [0.3, 0.4) is 0 Å². The molecule has 5 nitrogen and oxygen atoms in total. The SMILES string of the molecule is CCC[C@H](c1nc2ccc(F)cc2c(=O)n1CC1CC1)N1CCCN(C)CC1. The maximum absolute atomic E-state index is 13.8. The van der Waals surface area contributed by atoms with E-state index >= 15 is 0 Å². The summed E-state index contributed by atoms with van der Waals surface area (Å²) in [6, 6.07) is 4.53. The number of fused-ring (bicyclic) bond motifs is 1. The fourth-order valence-electron chi connectivity index (χ4n) is 4.33. The average molecular weight is 387 g/mol. The van der Waals surface area contributed by atoms with Crippen molar-refractivity contribution in [3.8, 4) is 0 Å². The summed E-state index contributed by atoms with van der Waals surface area (Å²) in [5.74, 6) is 1.06. The zero-order valence-corrected chi connectivity index (χ0v) is 17.0. The highest BCUT2D eigenvalue weighted by Crippen LogP contribution is 2.33. The lowest BCUT2D eigenvalue weighted by Crippen LogP contribution is -2.37. The van der Waals surface area contributed by atoms with Crippen LogP contribution in [0.5, 0.6) is 0 Å². The van der Waals surface area contributed by atoms with Crippen molar-refractivity contribution in [1.29, 1.82) is 0 Å². The summed E-state index contributed by atoms with van der Waals surface area (Å²) in [6.07, 6.45) is 5.48. The third-order valence-electron chi connectivity index (χ3n) is 6.14. The first-order valence-corrected chi connectivity index (χ1v) is 10.7. The van der Waals surface area contributed by atoms with Crippen LogP contribution in [0, 0.1) is 11.7 Å². The largest absolute Gasteiger partial charge is 0.305 e. The standard InChI is InChI=1S/C22H31FN4O/c1-3-5-20(26-11-4-10-25(2)12-13-26)21-24-19-9-8-17(23)14-18(19)22(28)27(21)15-16-6-7-16/h8-9,14,16,20H,3-7,10-13,15H2,1-2H3/t20-/m1/s1. The number of hydrogen-bond acceptors (Lipinski definition) is 4. The summed E-state index contributed by atoms with van der Waals surface area (Å²) in [5, 5.41) is 0.398. The van der Waals surface area contributed by atoms with E-state index in [1.165, 1.54) is 25.0 Å². The topological polar surface area (TPSA) is 41.4 Å². The lowest BCUT2D eigenvalue weighted by Gasteiger charge is -2.32. The number of likely N-dealkylation sites (N-methyl/N-ethyl adjacent to an activating group) is 1. The van der Waals surface area contributed by atoms with Crippen LogP contribution < -0.4 is 5.56 Å². The van der Waals surface area contributed by atoms with E-state index in [1.54, 1.807) is 6.07 Å². The first kappa shape index (κ1) is 19.5. The van der Waals surface area contributed by atoms with Gasteiger partial charge in [-0.05, 0) is 63.4 Å². The summed E-state index contributed by atoms with van der Waals surface area (Å²) >= 11 is 0. The number of nitrogens with zero attached hydrogens (tertiary/aromatic N) is 4. The van der Waals surface area contributed by atoms with Crippen molar-refractivity contribution in [1.82, 2.24) is 19.4 Å². The second-order valence-corrected chi connectivity index (χ2v) is 8.49. The summed E-state index contributed by atoms with van der Waals surface area (Å²) < 4.78 is 15.7. The maximum Gasteiger partial charge on any atom is 0.261 e. The van der Waals surface area contributed by atoms with E-state index in [2.05, 4.69) is 23.8 Å². The molecule has 1 atom stereocenters. The van der Waals surface area contributed by atoms with Gasteiger partial charge in [-0.3, -0.25) is 14.3 Å². The van der Waals surface area contributed by atoms with Gasteiger partial charge in [0.1, 0.15) is 11.6 Å². The molecular weight excluding hydrogens is 355 g/mol. The molecule has 2 fully saturated rings. The van der Waals surface area contributed by atoms with Crippen molar-refractivity contribution in [2.45, 2.75) is 51.6 Å². The number of rotatable bonds is 6. The van der Waals surface area contributed by atoms with Crippen molar-refractivity contribution in [3.05, 3.63) is 40.2 Å². The smallest absolute Gasteiger partial charge is 0.261 e. The van der Waals surface area contributed by atoms with E-state index in [1.807, 2.05) is 4.57 Å². The molecule has 0 radical (unpaired) electrons. The molecule has 2 aromatic rings. The molecule has 1 aliphatic carbocycles. The van der Waals surface area contributed by atoms with Crippen LogP contribution in [0.2, 0.25) is 0 Å². The van der Waals surface area contributed by atoms with Crippen LogP contribution >= 0.6 is 0 Å². The molecule has 28 heavy (non-hydrogen) atoms. The van der Waals surface area contributed by atoms with E-state index in [-0.39, 0.29) is 17.4 Å². The first-order valence-electron chi connectivity index (χ1n) is 10.7. The van der Waals surface area contributed by atoms with Crippen molar-refractivity contribution in [2.24, 2.45) is 5.92 Å². The molecule has 1 saturated carbocycles. The second kappa shape index (κ2) is 8.29. The molecule has 1 aromatic heterocycles. The minimum atomic E-state index is -0.377. The van der Waals surface area contributed by atoms with Gasteiger partial charge in [0.2, 0.25) is 0 Å². The van der Waals surface area contributed by atoms with Gasteiger partial charge in [0.05, 0.1) is 16.9 Å². The van der Waals surface area contributed by atoms with Crippen LogP contribution in [-0.2, 0) is 6.54 Å². The fourth-order valence-corrected chi connectivity index (χ4v) is 4.33. The van der Waals surface area contributed by atoms with Crippen molar-refractivity contribution < 1.29 is 4.39 Å². The summed E-state index contributed by atoms with van der Waals surface area (Å²) in [4.78, 5) is 23.1. The molecule has 4 rings (SSSR count). The second-order valence-electron chi connectivity index (χ2n) is 8.49. The van der Waals surface area contributed by atoms with E-state index in [0.29, 0.717) is 23.4 Å². The number of aromatic nitrogens is 2. The Labute approximate surface area is 166 Å². The Morgan fingerprint density at radius 1 is 1.21 bits per heavy atom. The Balaban J connectivity index is 1.80. The predicted octanol–water partition coefficient (Wildman–Crippen LogP) is 3.42. The van der Waals surface area contributed by atoms with E-state index in [0.717, 1.165) is 51.3 Å². The molecule has 0 unspecified atom stereocenters. The van der Waals surface area contributed by atoms with Crippen molar-refractivity contribution in [2.75, 3.05) is 33.2 Å². The summed E-state index contributed by atoms with van der Waals surface area (Å²) in [6.45, 7) is 7.05. The van der Waals surface area contributed by atoms with Gasteiger partial charge in [-0.25, -0.2) is 9.37 Å². The van der Waals surface area contributed by atoms with Gasteiger partial charge in [0.25, 0.3) is 5.56 Å². The Hall–Kier alpha value is -1.79. The Morgan fingerprint density at radius 3 is 2.79 bits per heavy atom. The number of halogens is 1. The van der Waals surface area contributed by atoms with Crippen molar-refractivity contribution >= 4 is 10.9 Å². The molecule has 0 amide bonds. The average Bonchev–Trinajstić information content (AvgIpc) is 3.51. The van der Waals surface area contributed by atoms with Crippen LogP contribution in [0.15, 0.2) is 23.0 Å². The minimum Gasteiger partial charge on any atom is -0.305 e. The third-order valence-corrected chi connectivity index (χ3v) is 6.14. The molecule has 0 bridgehead atoms. The van der Waals surface area contributed by atoms with Crippen LogP contribution in [0.25, 0.3) is 10.9 Å². The highest BCUT2D eigenvalue weighted by molar-refractivity contribution is 5.77. The van der Waals surface area contributed by atoms with Gasteiger partial charge in [-0.2, -0.15) is 0 Å². The van der Waals surface area contributed by atoms with Crippen molar-refractivity contribution in [3.63, 3.8) is 0 Å². The molecule has 0 spiro atoms. The van der Waals surface area contributed by atoms with Gasteiger partial charge in [0.15, 0.2) is 0 Å². The van der Waals surface area contributed by atoms with Crippen LogP contribution in [0.1, 0.15) is 50.9 Å². The molecule has 1 saturated heterocycles. The molecule has 2 aliphatic rings. The summed E-state index contributed by atoms with van der Waals surface area (Å²) in [7, 11) is 2.17. The molecular formula is C22H31FN4O.